The molecule has 3 nitrogen and oxygen atoms in total. The van der Waals surface area contributed by atoms with Crippen molar-refractivity contribution >= 4 is 17.5 Å². The van der Waals surface area contributed by atoms with E-state index in [0.29, 0.717) is 17.5 Å². The van der Waals surface area contributed by atoms with Crippen molar-refractivity contribution in [2.24, 2.45) is 0 Å². The van der Waals surface area contributed by atoms with Crippen LogP contribution in [0, 0.1) is 0 Å². The number of likely N-dealkylation sites (tertiary alicyclic amines) is 1. The largest absolute Gasteiger partial charge is 0.351 e. The average molecular weight is 303 g/mol. The summed E-state index contributed by atoms with van der Waals surface area (Å²) in [6, 6.07) is 12.2. The number of benzene rings is 1. The molecular weight excluding hydrogens is 284 g/mol. The van der Waals surface area contributed by atoms with Gasteiger partial charge >= 0.3 is 0 Å². The molecule has 4 heteroatoms. The number of rotatable bonds is 3. The Bertz CT molecular complexity index is 601. The molecule has 1 amide bonds. The van der Waals surface area contributed by atoms with E-state index < -0.39 is 0 Å². The van der Waals surface area contributed by atoms with Gasteiger partial charge in [0.15, 0.2) is 0 Å². The first-order valence-electron chi connectivity index (χ1n) is 7.37. The maximum Gasteiger partial charge on any atom is 0.226 e. The zero-order valence-corrected chi connectivity index (χ0v) is 12.7. The summed E-state index contributed by atoms with van der Waals surface area (Å²) >= 11 is 5.96. The Balaban J connectivity index is 1.55. The van der Waals surface area contributed by atoms with Crippen molar-refractivity contribution in [3.63, 3.8) is 0 Å². The standard InChI is InChI=1S/C17H19ClN2O/c18-15-5-3-4-14(12-15)13-17(21)20-10-6-16(7-11-20)19-8-1-2-9-19/h1-5,8-9,12,16H,6-7,10-11,13H2. The number of piperidine rings is 1. The van der Waals surface area contributed by atoms with Crippen LogP contribution < -0.4 is 0 Å². The quantitative estimate of drug-likeness (QED) is 0.851. The van der Waals surface area contributed by atoms with Gasteiger partial charge in [0.25, 0.3) is 0 Å². The summed E-state index contributed by atoms with van der Waals surface area (Å²) in [5, 5.41) is 0.687. The van der Waals surface area contributed by atoms with Gasteiger partial charge in [0, 0.05) is 36.5 Å². The Morgan fingerprint density at radius 1 is 1.14 bits per heavy atom. The maximum atomic E-state index is 12.3. The van der Waals surface area contributed by atoms with Crippen molar-refractivity contribution in [1.82, 2.24) is 9.47 Å². The van der Waals surface area contributed by atoms with Gasteiger partial charge in [-0.05, 0) is 42.7 Å². The summed E-state index contributed by atoms with van der Waals surface area (Å²) in [6.07, 6.45) is 6.70. The number of amides is 1. The Morgan fingerprint density at radius 2 is 1.86 bits per heavy atom. The molecule has 3 rings (SSSR count). The fraction of sp³-hybridized carbons (Fsp3) is 0.353. The molecule has 0 atom stereocenters. The van der Waals surface area contributed by atoms with Crippen molar-refractivity contribution in [3.05, 3.63) is 59.4 Å². The van der Waals surface area contributed by atoms with E-state index in [1.807, 2.05) is 29.2 Å². The SMILES string of the molecule is O=C(Cc1cccc(Cl)c1)N1CCC(n2cccc2)CC1. The minimum Gasteiger partial charge on any atom is -0.351 e. The molecule has 1 aromatic heterocycles. The summed E-state index contributed by atoms with van der Waals surface area (Å²) in [5.41, 5.74) is 0.986. The molecule has 0 radical (unpaired) electrons. The van der Waals surface area contributed by atoms with Crippen molar-refractivity contribution in [3.8, 4) is 0 Å². The fourth-order valence-corrected chi connectivity index (χ4v) is 3.15. The minimum absolute atomic E-state index is 0.197. The van der Waals surface area contributed by atoms with Gasteiger partial charge in [-0.2, -0.15) is 0 Å². The maximum absolute atomic E-state index is 12.3. The Hall–Kier alpha value is -1.74. The van der Waals surface area contributed by atoms with Crippen LogP contribution in [0.5, 0.6) is 0 Å². The predicted molar refractivity (Wildman–Crippen MR) is 84.4 cm³/mol. The van der Waals surface area contributed by atoms with Crippen LogP contribution >= 0.6 is 11.6 Å². The van der Waals surface area contributed by atoms with Gasteiger partial charge < -0.3 is 9.47 Å². The van der Waals surface area contributed by atoms with Crippen LogP contribution in [0.4, 0.5) is 0 Å². The highest BCUT2D eigenvalue weighted by Crippen LogP contribution is 2.23. The molecule has 1 aliphatic heterocycles. The fourth-order valence-electron chi connectivity index (χ4n) is 2.94. The second-order valence-corrected chi connectivity index (χ2v) is 5.99. The van der Waals surface area contributed by atoms with Crippen LogP contribution in [0.1, 0.15) is 24.4 Å². The number of halogens is 1. The highest BCUT2D eigenvalue weighted by Gasteiger charge is 2.23. The van der Waals surface area contributed by atoms with Gasteiger partial charge in [-0.1, -0.05) is 23.7 Å². The van der Waals surface area contributed by atoms with Gasteiger partial charge in [0.05, 0.1) is 6.42 Å². The first-order valence-corrected chi connectivity index (χ1v) is 7.75. The minimum atomic E-state index is 0.197. The number of carbonyl (C=O) groups is 1. The van der Waals surface area contributed by atoms with Gasteiger partial charge in [-0.25, -0.2) is 0 Å². The number of nitrogens with zero attached hydrogens (tertiary/aromatic N) is 2. The molecular formula is C17H19ClN2O. The molecule has 110 valence electrons. The number of carbonyl (C=O) groups excluding carboxylic acids is 1. The van der Waals surface area contributed by atoms with Crippen LogP contribution in [0.25, 0.3) is 0 Å². The zero-order chi connectivity index (χ0) is 14.7. The third-order valence-electron chi connectivity index (χ3n) is 4.11. The molecule has 0 unspecified atom stereocenters. The summed E-state index contributed by atoms with van der Waals surface area (Å²) in [4.78, 5) is 14.3. The lowest BCUT2D eigenvalue weighted by Gasteiger charge is -2.33. The van der Waals surface area contributed by atoms with Crippen molar-refractivity contribution in [2.45, 2.75) is 25.3 Å². The van der Waals surface area contributed by atoms with Crippen molar-refractivity contribution in [1.29, 1.82) is 0 Å². The first kappa shape index (κ1) is 14.2. The van der Waals surface area contributed by atoms with Crippen LogP contribution in [0.15, 0.2) is 48.8 Å². The molecule has 2 aromatic rings. The topological polar surface area (TPSA) is 25.2 Å². The summed E-state index contributed by atoms with van der Waals surface area (Å²) in [7, 11) is 0. The Kier molecular flexibility index (Phi) is 4.30. The van der Waals surface area contributed by atoms with Gasteiger partial charge in [-0.3, -0.25) is 4.79 Å². The lowest BCUT2D eigenvalue weighted by molar-refractivity contribution is -0.131. The van der Waals surface area contributed by atoms with Crippen LogP contribution in [-0.2, 0) is 11.2 Å². The van der Waals surface area contributed by atoms with Crippen LogP contribution in [0.2, 0.25) is 5.02 Å². The lowest BCUT2D eigenvalue weighted by atomic mass is 10.0. The number of hydrogen-bond donors (Lipinski definition) is 0. The second kappa shape index (κ2) is 6.35. The summed E-state index contributed by atoms with van der Waals surface area (Å²) in [6.45, 7) is 1.67. The van der Waals surface area contributed by atoms with Crippen molar-refractivity contribution < 1.29 is 4.79 Å². The average Bonchev–Trinajstić information content (AvgIpc) is 3.01. The van der Waals surface area contributed by atoms with Crippen LogP contribution in [-0.4, -0.2) is 28.5 Å². The smallest absolute Gasteiger partial charge is 0.226 e. The normalized spacial score (nSPS) is 16.1. The highest BCUT2D eigenvalue weighted by atomic mass is 35.5. The molecule has 0 spiro atoms. The molecule has 0 bridgehead atoms. The third kappa shape index (κ3) is 3.48. The van der Waals surface area contributed by atoms with Crippen LogP contribution in [0.3, 0.4) is 0 Å². The van der Waals surface area contributed by atoms with E-state index >= 15 is 0 Å². The van der Waals surface area contributed by atoms with E-state index in [-0.39, 0.29) is 5.91 Å². The van der Waals surface area contributed by atoms with E-state index in [9.17, 15) is 4.79 Å². The van der Waals surface area contributed by atoms with E-state index in [2.05, 4.69) is 29.1 Å². The van der Waals surface area contributed by atoms with Gasteiger partial charge in [0.1, 0.15) is 0 Å². The van der Waals surface area contributed by atoms with E-state index in [0.717, 1.165) is 31.5 Å². The number of aromatic nitrogens is 1. The molecule has 21 heavy (non-hydrogen) atoms. The van der Waals surface area contributed by atoms with E-state index in [1.165, 1.54) is 0 Å². The molecule has 0 N–H and O–H groups in total. The monoisotopic (exact) mass is 302 g/mol. The molecule has 1 saturated heterocycles. The van der Waals surface area contributed by atoms with E-state index in [4.69, 9.17) is 11.6 Å². The molecule has 0 aliphatic carbocycles. The summed E-state index contributed by atoms with van der Waals surface area (Å²) in [5.74, 6) is 0.197. The molecule has 1 aliphatic rings. The first-order chi connectivity index (χ1) is 10.2. The Labute approximate surface area is 130 Å². The van der Waals surface area contributed by atoms with Crippen molar-refractivity contribution in [2.75, 3.05) is 13.1 Å². The van der Waals surface area contributed by atoms with Gasteiger partial charge in [0.2, 0.25) is 5.91 Å². The highest BCUT2D eigenvalue weighted by molar-refractivity contribution is 6.30. The summed E-state index contributed by atoms with van der Waals surface area (Å²) < 4.78 is 2.25. The third-order valence-corrected chi connectivity index (χ3v) is 4.35. The molecule has 2 heterocycles. The zero-order valence-electron chi connectivity index (χ0n) is 11.9. The second-order valence-electron chi connectivity index (χ2n) is 5.55. The molecule has 1 fully saturated rings. The predicted octanol–water partition coefficient (Wildman–Crippen LogP) is 3.55. The molecule has 1 aromatic carbocycles. The molecule has 0 saturated carbocycles. The lowest BCUT2D eigenvalue weighted by Crippen LogP contribution is -2.39. The number of hydrogen-bond acceptors (Lipinski definition) is 1. The van der Waals surface area contributed by atoms with Gasteiger partial charge in [-0.15, -0.1) is 0 Å². The van der Waals surface area contributed by atoms with E-state index in [1.54, 1.807) is 0 Å². The Morgan fingerprint density at radius 3 is 2.52 bits per heavy atom.